The van der Waals surface area contributed by atoms with Crippen LogP contribution in [0.1, 0.15) is 18.9 Å². The molecular weight excluding hydrogens is 236 g/mol. The van der Waals surface area contributed by atoms with Crippen LogP contribution in [0.4, 0.5) is 11.5 Å². The molecule has 0 amide bonds. The normalized spacial score (nSPS) is 22.4. The monoisotopic (exact) mass is 248 g/mol. The molecule has 2 heterocycles. The van der Waals surface area contributed by atoms with E-state index in [4.69, 9.17) is 10.00 Å². The van der Waals surface area contributed by atoms with Gasteiger partial charge in [-0.3, -0.25) is 10.1 Å². The first-order valence-electron chi connectivity index (χ1n) is 5.55. The average molecular weight is 248 g/mol. The Balaban J connectivity index is 2.33. The van der Waals surface area contributed by atoms with Crippen molar-refractivity contribution >= 4 is 11.5 Å². The Morgan fingerprint density at radius 2 is 2.50 bits per heavy atom. The molecule has 0 spiro atoms. The van der Waals surface area contributed by atoms with Crippen LogP contribution < -0.4 is 5.32 Å². The highest BCUT2D eigenvalue weighted by molar-refractivity contribution is 5.64. The van der Waals surface area contributed by atoms with Crippen LogP contribution in [0.5, 0.6) is 0 Å². The van der Waals surface area contributed by atoms with E-state index in [0.717, 1.165) is 6.42 Å². The van der Waals surface area contributed by atoms with Crippen molar-refractivity contribution in [2.45, 2.75) is 25.5 Å². The molecule has 1 aromatic heterocycles. The van der Waals surface area contributed by atoms with Gasteiger partial charge in [0.25, 0.3) is 0 Å². The Morgan fingerprint density at radius 1 is 1.72 bits per heavy atom. The van der Waals surface area contributed by atoms with E-state index in [1.54, 1.807) is 6.07 Å². The zero-order valence-electron chi connectivity index (χ0n) is 9.79. The number of aromatic nitrogens is 1. The molecule has 2 atom stereocenters. The van der Waals surface area contributed by atoms with Crippen LogP contribution in [-0.4, -0.2) is 28.7 Å². The van der Waals surface area contributed by atoms with Crippen molar-refractivity contribution in [3.8, 4) is 6.07 Å². The van der Waals surface area contributed by atoms with Crippen LogP contribution in [-0.2, 0) is 4.74 Å². The van der Waals surface area contributed by atoms with Gasteiger partial charge >= 0.3 is 5.69 Å². The lowest BCUT2D eigenvalue weighted by Crippen LogP contribution is -2.27. The van der Waals surface area contributed by atoms with E-state index in [1.165, 1.54) is 12.3 Å². The molecule has 1 aliphatic heterocycles. The molecule has 94 valence electrons. The molecule has 1 N–H and O–H groups in total. The molecule has 0 saturated carbocycles. The van der Waals surface area contributed by atoms with E-state index in [0.29, 0.717) is 6.61 Å². The summed E-state index contributed by atoms with van der Waals surface area (Å²) in [6.07, 6.45) is 2.11. The largest absolute Gasteiger partial charge is 0.376 e. The molecule has 7 nitrogen and oxygen atoms in total. The van der Waals surface area contributed by atoms with Crippen LogP contribution in [0.25, 0.3) is 0 Å². The van der Waals surface area contributed by atoms with Crippen LogP contribution in [0.15, 0.2) is 12.3 Å². The number of pyridine rings is 1. The Morgan fingerprint density at radius 3 is 3.06 bits per heavy atom. The molecule has 0 aliphatic carbocycles. The highest BCUT2D eigenvalue weighted by Crippen LogP contribution is 2.28. The second kappa shape index (κ2) is 4.98. The standard InChI is InChI=1S/C11H12N4O3/c1-7-9(3-5-18-7)14-11-10(15(16)17)8(6-12)2-4-13-11/h2,4,7,9H,3,5H2,1H3,(H,13,14). The van der Waals surface area contributed by atoms with Crippen LogP contribution in [0.3, 0.4) is 0 Å². The third-order valence-electron chi connectivity index (χ3n) is 2.93. The van der Waals surface area contributed by atoms with Crippen molar-refractivity contribution in [2.24, 2.45) is 0 Å². The van der Waals surface area contributed by atoms with Crippen molar-refractivity contribution < 1.29 is 9.66 Å². The summed E-state index contributed by atoms with van der Waals surface area (Å²) in [7, 11) is 0. The fourth-order valence-corrected chi connectivity index (χ4v) is 1.93. The maximum Gasteiger partial charge on any atom is 0.328 e. The van der Waals surface area contributed by atoms with E-state index in [9.17, 15) is 10.1 Å². The van der Waals surface area contributed by atoms with Crippen LogP contribution in [0.2, 0.25) is 0 Å². The van der Waals surface area contributed by atoms with E-state index in [2.05, 4.69) is 10.3 Å². The van der Waals surface area contributed by atoms with Gasteiger partial charge in [0.1, 0.15) is 11.6 Å². The number of nitrogens with one attached hydrogen (secondary N) is 1. The van der Waals surface area contributed by atoms with Gasteiger partial charge in [0, 0.05) is 12.8 Å². The molecule has 1 saturated heterocycles. The number of rotatable bonds is 3. The van der Waals surface area contributed by atoms with Crippen molar-refractivity contribution in [1.82, 2.24) is 4.98 Å². The molecular formula is C11H12N4O3. The van der Waals surface area contributed by atoms with Gasteiger partial charge in [0.15, 0.2) is 0 Å². The first-order valence-corrected chi connectivity index (χ1v) is 5.55. The summed E-state index contributed by atoms with van der Waals surface area (Å²) >= 11 is 0. The Kier molecular flexibility index (Phi) is 3.39. The summed E-state index contributed by atoms with van der Waals surface area (Å²) in [5.74, 6) is 0.126. The van der Waals surface area contributed by atoms with Crippen molar-refractivity contribution in [3.63, 3.8) is 0 Å². The number of nitriles is 1. The van der Waals surface area contributed by atoms with Gasteiger partial charge in [-0.1, -0.05) is 0 Å². The molecule has 0 aromatic carbocycles. The molecule has 2 rings (SSSR count). The molecule has 0 bridgehead atoms. The number of hydrogen-bond acceptors (Lipinski definition) is 6. The molecule has 0 radical (unpaired) electrons. The number of anilines is 1. The molecule has 1 fully saturated rings. The van der Waals surface area contributed by atoms with Gasteiger partial charge < -0.3 is 10.1 Å². The summed E-state index contributed by atoms with van der Waals surface area (Å²) in [5.41, 5.74) is -0.275. The minimum Gasteiger partial charge on any atom is -0.376 e. The van der Waals surface area contributed by atoms with Gasteiger partial charge in [-0.2, -0.15) is 5.26 Å². The highest BCUT2D eigenvalue weighted by Gasteiger charge is 2.28. The lowest BCUT2D eigenvalue weighted by molar-refractivity contribution is -0.384. The maximum atomic E-state index is 11.0. The van der Waals surface area contributed by atoms with Crippen molar-refractivity contribution in [3.05, 3.63) is 27.9 Å². The van der Waals surface area contributed by atoms with Gasteiger partial charge in [0.05, 0.1) is 17.1 Å². The lowest BCUT2D eigenvalue weighted by atomic mass is 10.1. The Labute approximate surface area is 104 Å². The first kappa shape index (κ1) is 12.3. The fourth-order valence-electron chi connectivity index (χ4n) is 1.93. The van der Waals surface area contributed by atoms with Crippen molar-refractivity contribution in [1.29, 1.82) is 5.26 Å². The first-order chi connectivity index (χ1) is 8.63. The van der Waals surface area contributed by atoms with E-state index in [1.807, 2.05) is 6.92 Å². The predicted octanol–water partition coefficient (Wildman–Crippen LogP) is 1.45. The Hall–Kier alpha value is -2.20. The summed E-state index contributed by atoms with van der Waals surface area (Å²) in [5, 5.41) is 22.9. The second-order valence-corrected chi connectivity index (χ2v) is 4.04. The highest BCUT2D eigenvalue weighted by atomic mass is 16.6. The Bertz CT molecular complexity index is 512. The van der Waals surface area contributed by atoms with Crippen molar-refractivity contribution in [2.75, 3.05) is 11.9 Å². The number of nitrogens with zero attached hydrogens (tertiary/aromatic N) is 3. The quantitative estimate of drug-likeness (QED) is 0.641. The zero-order valence-corrected chi connectivity index (χ0v) is 9.79. The summed E-state index contributed by atoms with van der Waals surface area (Å²) in [6, 6.07) is 3.11. The third kappa shape index (κ3) is 2.24. The third-order valence-corrected chi connectivity index (χ3v) is 2.93. The van der Waals surface area contributed by atoms with Crippen LogP contribution >= 0.6 is 0 Å². The maximum absolute atomic E-state index is 11.0. The van der Waals surface area contributed by atoms with E-state index < -0.39 is 4.92 Å². The number of ether oxygens (including phenoxy) is 1. The van der Waals surface area contributed by atoms with E-state index in [-0.39, 0.29) is 29.2 Å². The van der Waals surface area contributed by atoms with Gasteiger partial charge in [-0.25, -0.2) is 4.98 Å². The predicted molar refractivity (Wildman–Crippen MR) is 63.0 cm³/mol. The fraction of sp³-hybridized carbons (Fsp3) is 0.455. The minimum absolute atomic E-state index is 0.00377. The SMILES string of the molecule is CC1OCCC1Nc1nccc(C#N)c1[N+](=O)[O-]. The minimum atomic E-state index is -0.589. The summed E-state index contributed by atoms with van der Waals surface area (Å²) < 4.78 is 5.37. The number of hydrogen-bond donors (Lipinski definition) is 1. The molecule has 18 heavy (non-hydrogen) atoms. The summed E-state index contributed by atoms with van der Waals surface area (Å²) in [4.78, 5) is 14.4. The van der Waals surface area contributed by atoms with Gasteiger partial charge in [-0.15, -0.1) is 0 Å². The molecule has 1 aliphatic rings. The smallest absolute Gasteiger partial charge is 0.328 e. The molecule has 7 heteroatoms. The topological polar surface area (TPSA) is 101 Å². The molecule has 2 unspecified atom stereocenters. The van der Waals surface area contributed by atoms with Gasteiger partial charge in [0.2, 0.25) is 5.82 Å². The lowest BCUT2D eigenvalue weighted by Gasteiger charge is -2.16. The zero-order chi connectivity index (χ0) is 13.1. The van der Waals surface area contributed by atoms with Crippen LogP contribution in [0, 0.1) is 21.4 Å². The van der Waals surface area contributed by atoms with E-state index >= 15 is 0 Å². The second-order valence-electron chi connectivity index (χ2n) is 4.04. The summed E-state index contributed by atoms with van der Waals surface area (Å²) in [6.45, 7) is 2.51. The average Bonchev–Trinajstić information content (AvgIpc) is 2.74. The van der Waals surface area contributed by atoms with Gasteiger partial charge in [-0.05, 0) is 19.4 Å². The number of nitro groups is 1. The molecule has 1 aromatic rings.